The van der Waals surface area contributed by atoms with E-state index in [-0.39, 0.29) is 6.54 Å². The SMILES string of the molecule is CC(NC(=O)NCCN)(C(=O)O)c1ccccc1. The number of carbonyl (C=O) groups is 2. The lowest BCUT2D eigenvalue weighted by atomic mass is 9.92. The molecule has 0 radical (unpaired) electrons. The number of carboxylic acid groups (broad SMARTS) is 1. The topological polar surface area (TPSA) is 104 Å². The largest absolute Gasteiger partial charge is 0.479 e. The number of amides is 2. The molecule has 0 aliphatic heterocycles. The van der Waals surface area contributed by atoms with Crippen molar-refractivity contribution in [1.82, 2.24) is 10.6 Å². The molecular weight excluding hydrogens is 234 g/mol. The van der Waals surface area contributed by atoms with Crippen LogP contribution in [0.1, 0.15) is 12.5 Å². The first-order chi connectivity index (χ1) is 8.50. The van der Waals surface area contributed by atoms with Gasteiger partial charge in [-0.1, -0.05) is 30.3 Å². The van der Waals surface area contributed by atoms with E-state index in [0.29, 0.717) is 12.1 Å². The van der Waals surface area contributed by atoms with Gasteiger partial charge in [-0.3, -0.25) is 0 Å². The summed E-state index contributed by atoms with van der Waals surface area (Å²) in [5.74, 6) is -1.13. The molecule has 1 aromatic rings. The Morgan fingerprint density at radius 3 is 2.44 bits per heavy atom. The maximum absolute atomic E-state index is 11.6. The van der Waals surface area contributed by atoms with Crippen LogP contribution in [0, 0.1) is 0 Å². The zero-order valence-electron chi connectivity index (χ0n) is 10.1. The van der Waals surface area contributed by atoms with Gasteiger partial charge < -0.3 is 21.5 Å². The van der Waals surface area contributed by atoms with E-state index in [1.165, 1.54) is 6.92 Å². The molecule has 18 heavy (non-hydrogen) atoms. The van der Waals surface area contributed by atoms with Gasteiger partial charge in [0, 0.05) is 13.1 Å². The van der Waals surface area contributed by atoms with Gasteiger partial charge in [-0.25, -0.2) is 9.59 Å². The van der Waals surface area contributed by atoms with E-state index in [1.54, 1.807) is 30.3 Å². The molecule has 0 saturated carbocycles. The highest BCUT2D eigenvalue weighted by Crippen LogP contribution is 2.20. The summed E-state index contributed by atoms with van der Waals surface area (Å²) in [5.41, 5.74) is 4.28. The molecule has 1 atom stereocenters. The van der Waals surface area contributed by atoms with Crippen molar-refractivity contribution in [1.29, 1.82) is 0 Å². The number of nitrogens with two attached hydrogens (primary N) is 1. The van der Waals surface area contributed by atoms with Crippen molar-refractivity contribution in [2.45, 2.75) is 12.5 Å². The standard InChI is InChI=1S/C12H17N3O3/c1-12(10(16)17,9-5-3-2-4-6-9)15-11(18)14-8-7-13/h2-6H,7-8,13H2,1H3,(H,16,17)(H2,14,15,18). The quantitative estimate of drug-likeness (QED) is 0.601. The molecule has 5 N–H and O–H groups in total. The molecule has 98 valence electrons. The fourth-order valence-electron chi connectivity index (χ4n) is 1.48. The fourth-order valence-corrected chi connectivity index (χ4v) is 1.48. The Labute approximate surface area is 105 Å². The summed E-state index contributed by atoms with van der Waals surface area (Å²) < 4.78 is 0. The van der Waals surface area contributed by atoms with Gasteiger partial charge in [-0.15, -0.1) is 0 Å². The van der Waals surface area contributed by atoms with Crippen molar-refractivity contribution in [3.63, 3.8) is 0 Å². The molecule has 0 saturated heterocycles. The molecule has 1 aromatic carbocycles. The Morgan fingerprint density at radius 2 is 1.94 bits per heavy atom. The number of carboxylic acids is 1. The first-order valence-electron chi connectivity index (χ1n) is 5.55. The Morgan fingerprint density at radius 1 is 1.33 bits per heavy atom. The highest BCUT2D eigenvalue weighted by atomic mass is 16.4. The summed E-state index contributed by atoms with van der Waals surface area (Å²) in [7, 11) is 0. The number of aliphatic carboxylic acids is 1. The van der Waals surface area contributed by atoms with Gasteiger partial charge in [0.1, 0.15) is 0 Å². The molecule has 0 spiro atoms. The summed E-state index contributed by atoms with van der Waals surface area (Å²) in [6, 6.07) is 7.95. The van der Waals surface area contributed by atoms with E-state index < -0.39 is 17.5 Å². The van der Waals surface area contributed by atoms with E-state index in [4.69, 9.17) is 5.73 Å². The first kappa shape index (κ1) is 14.0. The second kappa shape index (κ2) is 6.02. The van der Waals surface area contributed by atoms with Gasteiger partial charge in [0.25, 0.3) is 0 Å². The number of hydrogen-bond acceptors (Lipinski definition) is 3. The molecule has 1 rings (SSSR count). The third-order valence-electron chi connectivity index (χ3n) is 2.57. The van der Waals surface area contributed by atoms with Gasteiger partial charge in [-0.05, 0) is 12.5 Å². The average molecular weight is 251 g/mol. The maximum atomic E-state index is 11.6. The summed E-state index contributed by atoms with van der Waals surface area (Å²) in [6.07, 6.45) is 0. The molecular formula is C12H17N3O3. The molecule has 6 heteroatoms. The van der Waals surface area contributed by atoms with Crippen LogP contribution in [0.2, 0.25) is 0 Å². The predicted molar refractivity (Wildman–Crippen MR) is 67.0 cm³/mol. The van der Waals surface area contributed by atoms with Gasteiger partial charge in [-0.2, -0.15) is 0 Å². The molecule has 1 unspecified atom stereocenters. The Bertz CT molecular complexity index is 422. The molecule has 0 heterocycles. The predicted octanol–water partition coefficient (Wildman–Crippen LogP) is 0.244. The normalized spacial score (nSPS) is 13.4. The van der Waals surface area contributed by atoms with E-state index in [1.807, 2.05) is 0 Å². The maximum Gasteiger partial charge on any atom is 0.333 e. The summed E-state index contributed by atoms with van der Waals surface area (Å²) in [6.45, 7) is 2.02. The molecule has 0 aromatic heterocycles. The van der Waals surface area contributed by atoms with Crippen molar-refractivity contribution in [3.05, 3.63) is 35.9 Å². The second-order valence-corrected chi connectivity index (χ2v) is 3.97. The zero-order chi connectivity index (χ0) is 13.6. The minimum Gasteiger partial charge on any atom is -0.479 e. The van der Waals surface area contributed by atoms with Gasteiger partial charge in [0.2, 0.25) is 0 Å². The summed E-state index contributed by atoms with van der Waals surface area (Å²) >= 11 is 0. The van der Waals surface area contributed by atoms with Gasteiger partial charge >= 0.3 is 12.0 Å². The lowest BCUT2D eigenvalue weighted by molar-refractivity contribution is -0.144. The lowest BCUT2D eigenvalue weighted by Gasteiger charge is -2.26. The van der Waals surface area contributed by atoms with Crippen molar-refractivity contribution in [2.75, 3.05) is 13.1 Å². The van der Waals surface area contributed by atoms with Gasteiger partial charge in [0.05, 0.1) is 0 Å². The van der Waals surface area contributed by atoms with Crippen LogP contribution in [0.15, 0.2) is 30.3 Å². The molecule has 0 fully saturated rings. The summed E-state index contributed by atoms with van der Waals surface area (Å²) in [5, 5.41) is 14.2. The molecule has 0 aliphatic carbocycles. The third-order valence-corrected chi connectivity index (χ3v) is 2.57. The number of carbonyl (C=O) groups excluding carboxylic acids is 1. The fraction of sp³-hybridized carbons (Fsp3) is 0.333. The van der Waals surface area contributed by atoms with Crippen LogP contribution in [0.3, 0.4) is 0 Å². The van der Waals surface area contributed by atoms with Crippen molar-refractivity contribution >= 4 is 12.0 Å². The zero-order valence-corrected chi connectivity index (χ0v) is 10.1. The Balaban J connectivity index is 2.89. The molecule has 2 amide bonds. The molecule has 6 nitrogen and oxygen atoms in total. The van der Waals surface area contributed by atoms with E-state index in [2.05, 4.69) is 10.6 Å². The highest BCUT2D eigenvalue weighted by Gasteiger charge is 2.36. The Kier molecular flexibility index (Phi) is 4.67. The number of nitrogens with one attached hydrogen (secondary N) is 2. The van der Waals surface area contributed by atoms with Crippen molar-refractivity contribution in [3.8, 4) is 0 Å². The number of hydrogen-bond donors (Lipinski definition) is 4. The number of rotatable bonds is 5. The van der Waals surface area contributed by atoms with Crippen LogP contribution < -0.4 is 16.4 Å². The van der Waals surface area contributed by atoms with Crippen molar-refractivity contribution in [2.24, 2.45) is 5.73 Å². The average Bonchev–Trinajstić information content (AvgIpc) is 2.37. The van der Waals surface area contributed by atoms with Crippen LogP contribution >= 0.6 is 0 Å². The minimum absolute atomic E-state index is 0.288. The van der Waals surface area contributed by atoms with E-state index in [9.17, 15) is 14.7 Å². The summed E-state index contributed by atoms with van der Waals surface area (Å²) in [4.78, 5) is 22.9. The second-order valence-electron chi connectivity index (χ2n) is 3.97. The Hall–Kier alpha value is -2.08. The lowest BCUT2D eigenvalue weighted by Crippen LogP contribution is -2.53. The van der Waals surface area contributed by atoms with Crippen LogP contribution in [-0.2, 0) is 10.3 Å². The monoisotopic (exact) mass is 251 g/mol. The first-order valence-corrected chi connectivity index (χ1v) is 5.55. The number of benzene rings is 1. The number of urea groups is 1. The smallest absolute Gasteiger partial charge is 0.333 e. The molecule has 0 aliphatic rings. The van der Waals surface area contributed by atoms with Crippen LogP contribution in [-0.4, -0.2) is 30.2 Å². The van der Waals surface area contributed by atoms with Gasteiger partial charge in [0.15, 0.2) is 5.54 Å². The highest BCUT2D eigenvalue weighted by molar-refractivity contribution is 5.87. The third kappa shape index (κ3) is 3.21. The van der Waals surface area contributed by atoms with Crippen LogP contribution in [0.5, 0.6) is 0 Å². The van der Waals surface area contributed by atoms with E-state index in [0.717, 1.165) is 0 Å². The minimum atomic E-state index is -1.47. The van der Waals surface area contributed by atoms with E-state index >= 15 is 0 Å². The van der Waals surface area contributed by atoms with Crippen LogP contribution in [0.4, 0.5) is 4.79 Å². The van der Waals surface area contributed by atoms with Crippen LogP contribution in [0.25, 0.3) is 0 Å². The molecule has 0 bridgehead atoms. The van der Waals surface area contributed by atoms with Crippen molar-refractivity contribution < 1.29 is 14.7 Å².